The smallest absolute Gasteiger partial charge is 0.366 e. The number of carbonyl (C=O) groups excluding carboxylic acids is 1. The molecule has 0 bridgehead atoms. The fourth-order valence-electron chi connectivity index (χ4n) is 3.60. The maximum absolute atomic E-state index is 13.4. The number of hydrogen-bond donors (Lipinski definition) is 2. The van der Waals surface area contributed by atoms with Gasteiger partial charge in [0.2, 0.25) is 0 Å². The molecule has 0 saturated carbocycles. The first-order chi connectivity index (χ1) is 14.7. The van der Waals surface area contributed by atoms with Gasteiger partial charge in [-0.1, -0.05) is 23.7 Å². The van der Waals surface area contributed by atoms with Crippen LogP contribution in [-0.2, 0) is 6.18 Å². The molecule has 1 aromatic heterocycles. The van der Waals surface area contributed by atoms with Gasteiger partial charge in [-0.05, 0) is 49.3 Å². The van der Waals surface area contributed by atoms with Crippen LogP contribution in [0.15, 0.2) is 42.7 Å². The minimum atomic E-state index is -4.56. The molecule has 3 aromatic rings. The summed E-state index contributed by atoms with van der Waals surface area (Å²) in [6.07, 6.45) is -2.23. The molecule has 1 fully saturated rings. The zero-order valence-electron chi connectivity index (χ0n) is 16.3. The highest BCUT2D eigenvalue weighted by Crippen LogP contribution is 2.37. The first kappa shape index (κ1) is 21.3. The second kappa shape index (κ2) is 8.32. The van der Waals surface area contributed by atoms with Crippen LogP contribution in [0.25, 0.3) is 10.9 Å². The lowest BCUT2D eigenvalue weighted by molar-refractivity contribution is -0.137. The van der Waals surface area contributed by atoms with Crippen molar-refractivity contribution in [3.05, 3.63) is 64.4 Å². The van der Waals surface area contributed by atoms with E-state index in [4.69, 9.17) is 17.3 Å². The van der Waals surface area contributed by atoms with Crippen molar-refractivity contribution in [2.75, 3.05) is 25.0 Å². The normalized spacial score (nSPS) is 15.5. The number of para-hydroxylation sites is 1. The van der Waals surface area contributed by atoms with Crippen LogP contribution in [0.2, 0.25) is 5.02 Å². The number of halogens is 4. The highest BCUT2D eigenvalue weighted by atomic mass is 35.5. The number of benzene rings is 2. The topological polar surface area (TPSA) is 84.1 Å². The molecule has 2 heterocycles. The number of amides is 1. The number of aromatic nitrogens is 2. The van der Waals surface area contributed by atoms with Gasteiger partial charge in [-0.2, -0.15) is 13.2 Å². The third kappa shape index (κ3) is 4.42. The molecule has 6 nitrogen and oxygen atoms in total. The van der Waals surface area contributed by atoms with E-state index in [1.165, 1.54) is 12.4 Å². The summed E-state index contributed by atoms with van der Waals surface area (Å²) in [5.74, 6) is -0.220. The Bertz CT molecular complexity index is 1130. The van der Waals surface area contributed by atoms with Crippen molar-refractivity contribution in [1.29, 1.82) is 0 Å². The highest BCUT2D eigenvalue weighted by molar-refractivity contribution is 6.31. The Morgan fingerprint density at radius 2 is 2.00 bits per heavy atom. The summed E-state index contributed by atoms with van der Waals surface area (Å²) < 4.78 is 40.2. The molecule has 3 N–H and O–H groups in total. The number of anilines is 1. The SMILES string of the molecule is NC(=O)c1cccc2c(N[C@H](CN3CCC3)c3ccc(Cl)c(C(F)(F)F)c3)ncnc12. The van der Waals surface area contributed by atoms with Gasteiger partial charge in [0.15, 0.2) is 0 Å². The molecule has 162 valence electrons. The summed E-state index contributed by atoms with van der Waals surface area (Å²) >= 11 is 5.80. The van der Waals surface area contributed by atoms with Gasteiger partial charge in [-0.15, -0.1) is 0 Å². The number of fused-ring (bicyclic) bond motifs is 1. The maximum Gasteiger partial charge on any atom is 0.417 e. The summed E-state index contributed by atoms with van der Waals surface area (Å²) in [6.45, 7) is 2.22. The molecule has 1 aliphatic heterocycles. The minimum Gasteiger partial charge on any atom is -0.366 e. The Labute approximate surface area is 181 Å². The van der Waals surface area contributed by atoms with Crippen LogP contribution in [0, 0.1) is 0 Å². The van der Waals surface area contributed by atoms with Crippen LogP contribution >= 0.6 is 11.6 Å². The van der Waals surface area contributed by atoms with Gasteiger partial charge in [0.05, 0.1) is 27.7 Å². The summed E-state index contributed by atoms with van der Waals surface area (Å²) in [5.41, 5.74) is 5.61. The molecule has 31 heavy (non-hydrogen) atoms. The van der Waals surface area contributed by atoms with Crippen LogP contribution in [0.1, 0.15) is 33.9 Å². The number of primary amides is 1. The van der Waals surface area contributed by atoms with Crippen LogP contribution in [0.4, 0.5) is 19.0 Å². The maximum atomic E-state index is 13.4. The Morgan fingerprint density at radius 1 is 1.23 bits per heavy atom. The van der Waals surface area contributed by atoms with Crippen molar-refractivity contribution >= 4 is 34.2 Å². The van der Waals surface area contributed by atoms with E-state index in [-0.39, 0.29) is 10.6 Å². The van der Waals surface area contributed by atoms with Crippen molar-refractivity contribution in [3.63, 3.8) is 0 Å². The predicted octanol–water partition coefficient (Wildman–Crippen LogP) is 4.26. The Hall–Kier alpha value is -2.91. The average molecular weight is 450 g/mol. The summed E-state index contributed by atoms with van der Waals surface area (Å²) in [6, 6.07) is 8.36. The van der Waals surface area contributed by atoms with Gasteiger partial charge in [-0.25, -0.2) is 9.97 Å². The largest absolute Gasteiger partial charge is 0.417 e. The molecule has 0 radical (unpaired) electrons. The number of likely N-dealkylation sites (tertiary alicyclic amines) is 1. The first-order valence-corrected chi connectivity index (χ1v) is 10.0. The highest BCUT2D eigenvalue weighted by Gasteiger charge is 2.34. The number of nitrogens with zero attached hydrogens (tertiary/aromatic N) is 3. The summed E-state index contributed by atoms with van der Waals surface area (Å²) in [4.78, 5) is 22.3. The van der Waals surface area contributed by atoms with E-state index in [9.17, 15) is 18.0 Å². The number of nitrogens with two attached hydrogens (primary N) is 1. The monoisotopic (exact) mass is 449 g/mol. The zero-order valence-corrected chi connectivity index (χ0v) is 17.0. The molecule has 4 rings (SSSR count). The fourth-order valence-corrected chi connectivity index (χ4v) is 3.82. The Morgan fingerprint density at radius 3 is 2.65 bits per heavy atom. The van der Waals surface area contributed by atoms with Crippen LogP contribution in [0.3, 0.4) is 0 Å². The molecule has 1 saturated heterocycles. The number of alkyl halides is 3. The first-order valence-electron chi connectivity index (χ1n) is 9.63. The van der Waals surface area contributed by atoms with Crippen molar-refractivity contribution in [3.8, 4) is 0 Å². The quantitative estimate of drug-likeness (QED) is 0.587. The standard InChI is InChI=1S/C21H19ClF3N5O/c22-16-6-5-12(9-15(16)21(23,24)25)17(10-30-7-2-8-30)29-20-14-4-1-3-13(19(26)31)18(14)27-11-28-20/h1,3-6,9,11,17H,2,7-8,10H2,(H2,26,31)(H,27,28,29)/t17-/m1/s1. The predicted molar refractivity (Wildman–Crippen MR) is 112 cm³/mol. The lowest BCUT2D eigenvalue weighted by Gasteiger charge is -2.35. The Kier molecular flexibility index (Phi) is 5.72. The van der Waals surface area contributed by atoms with Crippen LogP contribution in [-0.4, -0.2) is 40.4 Å². The molecule has 1 atom stereocenters. The second-order valence-corrected chi connectivity index (χ2v) is 7.78. The molecule has 10 heteroatoms. The lowest BCUT2D eigenvalue weighted by atomic mass is 10.0. The molecule has 1 amide bonds. The molecule has 2 aromatic carbocycles. The average Bonchev–Trinajstić information content (AvgIpc) is 2.68. The summed E-state index contributed by atoms with van der Waals surface area (Å²) in [5, 5.41) is 3.45. The van der Waals surface area contributed by atoms with Gasteiger partial charge >= 0.3 is 6.18 Å². The molecular weight excluding hydrogens is 431 g/mol. The second-order valence-electron chi connectivity index (χ2n) is 7.38. The number of nitrogens with one attached hydrogen (secondary N) is 1. The number of rotatable bonds is 6. The molecule has 1 aliphatic rings. The number of hydrogen-bond acceptors (Lipinski definition) is 5. The van der Waals surface area contributed by atoms with E-state index in [0.29, 0.717) is 28.8 Å². The van der Waals surface area contributed by atoms with E-state index >= 15 is 0 Å². The third-order valence-corrected chi connectivity index (χ3v) is 5.66. The summed E-state index contributed by atoms with van der Waals surface area (Å²) in [7, 11) is 0. The van der Waals surface area contributed by atoms with E-state index < -0.39 is 23.7 Å². The van der Waals surface area contributed by atoms with E-state index in [0.717, 1.165) is 25.6 Å². The van der Waals surface area contributed by atoms with Gasteiger partial charge in [0.1, 0.15) is 12.1 Å². The van der Waals surface area contributed by atoms with Gasteiger partial charge < -0.3 is 16.0 Å². The van der Waals surface area contributed by atoms with Crippen molar-refractivity contribution in [1.82, 2.24) is 14.9 Å². The molecular formula is C21H19ClF3N5O. The van der Waals surface area contributed by atoms with E-state index in [2.05, 4.69) is 20.2 Å². The van der Waals surface area contributed by atoms with Crippen LogP contribution < -0.4 is 11.1 Å². The van der Waals surface area contributed by atoms with Crippen molar-refractivity contribution in [2.24, 2.45) is 5.73 Å². The van der Waals surface area contributed by atoms with E-state index in [1.807, 2.05) is 0 Å². The van der Waals surface area contributed by atoms with Gasteiger partial charge in [-0.3, -0.25) is 4.79 Å². The Balaban J connectivity index is 1.75. The zero-order chi connectivity index (χ0) is 22.2. The minimum absolute atomic E-state index is 0.244. The van der Waals surface area contributed by atoms with Crippen molar-refractivity contribution < 1.29 is 18.0 Å². The molecule has 0 spiro atoms. The van der Waals surface area contributed by atoms with Gasteiger partial charge in [0, 0.05) is 11.9 Å². The molecule has 0 aliphatic carbocycles. The third-order valence-electron chi connectivity index (χ3n) is 5.33. The fraction of sp³-hybridized carbons (Fsp3) is 0.286. The van der Waals surface area contributed by atoms with Gasteiger partial charge in [0.25, 0.3) is 5.91 Å². The van der Waals surface area contributed by atoms with Crippen molar-refractivity contribution in [2.45, 2.75) is 18.6 Å². The number of carbonyl (C=O) groups is 1. The lowest BCUT2D eigenvalue weighted by Crippen LogP contribution is -2.41. The van der Waals surface area contributed by atoms with E-state index in [1.54, 1.807) is 24.3 Å². The molecule has 0 unspecified atom stereocenters. The van der Waals surface area contributed by atoms with Crippen LogP contribution in [0.5, 0.6) is 0 Å².